The van der Waals surface area contributed by atoms with Crippen LogP contribution in [0.5, 0.6) is 0 Å². The molecule has 7 nitrogen and oxygen atoms in total. The minimum Gasteiger partial charge on any atom is -0.445 e. The van der Waals surface area contributed by atoms with Gasteiger partial charge in [-0.2, -0.15) is 0 Å². The Balaban J connectivity index is 5.14. The van der Waals surface area contributed by atoms with E-state index in [9.17, 15) is 9.59 Å². The topological polar surface area (TPSA) is 77.1 Å². The lowest BCUT2D eigenvalue weighted by atomic mass is 10.0. The summed E-state index contributed by atoms with van der Waals surface area (Å²) >= 11 is 0. The third-order valence-corrected chi connectivity index (χ3v) is 9.51. The average Bonchev–Trinajstić information content (AvgIpc) is 2.59. The van der Waals surface area contributed by atoms with Gasteiger partial charge in [0.15, 0.2) is 8.32 Å². The summed E-state index contributed by atoms with van der Waals surface area (Å²) in [5.41, 5.74) is 0. The summed E-state index contributed by atoms with van der Waals surface area (Å²) in [7, 11) is -0.352. The molecule has 0 unspecified atom stereocenters. The molecule has 0 aromatic rings. The molecule has 0 fully saturated rings. The van der Waals surface area contributed by atoms with Crippen LogP contribution < -0.4 is 5.32 Å². The van der Waals surface area contributed by atoms with Gasteiger partial charge >= 0.3 is 12.2 Å². The predicted molar refractivity (Wildman–Crippen MR) is 115 cm³/mol. The molecular weight excluding hydrogens is 376 g/mol. The summed E-state index contributed by atoms with van der Waals surface area (Å²) < 4.78 is 16.5. The summed E-state index contributed by atoms with van der Waals surface area (Å²) in [5.74, 6) is -0.133. The highest BCUT2D eigenvalue weighted by Gasteiger charge is 2.40. The van der Waals surface area contributed by atoms with Crippen LogP contribution in [0.15, 0.2) is 25.3 Å². The Hall–Kier alpha value is -1.80. The number of amides is 2. The van der Waals surface area contributed by atoms with E-state index in [0.29, 0.717) is 13.1 Å². The van der Waals surface area contributed by atoms with E-state index in [1.54, 1.807) is 7.05 Å². The van der Waals surface area contributed by atoms with Gasteiger partial charge < -0.3 is 24.1 Å². The summed E-state index contributed by atoms with van der Waals surface area (Å²) in [6, 6.07) is 0. The number of nitrogens with one attached hydrogen (secondary N) is 1. The van der Waals surface area contributed by atoms with Gasteiger partial charge in [-0.3, -0.25) is 0 Å². The van der Waals surface area contributed by atoms with Crippen molar-refractivity contribution in [3.8, 4) is 0 Å². The van der Waals surface area contributed by atoms with Crippen LogP contribution in [0.1, 0.15) is 27.7 Å². The van der Waals surface area contributed by atoms with E-state index in [-0.39, 0.29) is 30.3 Å². The summed E-state index contributed by atoms with van der Waals surface area (Å²) in [6.07, 6.45) is 1.88. The highest BCUT2D eigenvalue weighted by Crippen LogP contribution is 2.38. The Labute approximate surface area is 171 Å². The molecule has 28 heavy (non-hydrogen) atoms. The smallest absolute Gasteiger partial charge is 0.409 e. The molecular formula is C20H38N2O5Si. The zero-order valence-electron chi connectivity index (χ0n) is 18.5. The molecule has 0 aromatic heterocycles. The van der Waals surface area contributed by atoms with E-state index >= 15 is 0 Å². The van der Waals surface area contributed by atoms with Gasteiger partial charge in [0, 0.05) is 32.2 Å². The molecule has 0 bridgehead atoms. The van der Waals surface area contributed by atoms with Crippen LogP contribution in [0.4, 0.5) is 9.59 Å². The molecule has 0 aliphatic carbocycles. The van der Waals surface area contributed by atoms with Gasteiger partial charge in [0.1, 0.15) is 13.2 Å². The van der Waals surface area contributed by atoms with Gasteiger partial charge in [0.05, 0.1) is 0 Å². The number of nitrogens with zero attached hydrogens (tertiary/aromatic N) is 1. The first-order chi connectivity index (χ1) is 12.9. The largest absolute Gasteiger partial charge is 0.445 e. The van der Waals surface area contributed by atoms with Gasteiger partial charge in [-0.1, -0.05) is 46.1 Å². The summed E-state index contributed by atoms with van der Waals surface area (Å²) in [5, 5.41) is 2.79. The van der Waals surface area contributed by atoms with E-state index in [1.165, 1.54) is 17.1 Å². The normalized spacial score (nSPS) is 13.8. The Bertz CT molecular complexity index is 531. The Morgan fingerprint density at radius 2 is 1.68 bits per heavy atom. The molecule has 1 N–H and O–H groups in total. The van der Waals surface area contributed by atoms with Crippen LogP contribution in [0, 0.1) is 5.92 Å². The van der Waals surface area contributed by atoms with Crippen molar-refractivity contribution in [2.45, 2.75) is 51.9 Å². The first-order valence-corrected chi connectivity index (χ1v) is 12.4. The van der Waals surface area contributed by atoms with Crippen molar-refractivity contribution >= 4 is 20.5 Å². The van der Waals surface area contributed by atoms with Crippen molar-refractivity contribution in [1.82, 2.24) is 10.2 Å². The molecule has 0 radical (unpaired) electrons. The van der Waals surface area contributed by atoms with Gasteiger partial charge in [-0.05, 0) is 25.1 Å². The van der Waals surface area contributed by atoms with Crippen molar-refractivity contribution < 1.29 is 23.5 Å². The standard InChI is InChI=1S/C20H38N2O5Si/c1-10-12-25-18(23)21-14-17(15-22(7)19(24)26-13-11-2)16(3)27-28(8,9)20(4,5)6/h10-11,16-17H,1-2,12-15H2,3-9H3,(H,21,23)/t16-,17+/m1/s1. The fraction of sp³-hybridized carbons (Fsp3) is 0.700. The highest BCUT2D eigenvalue weighted by atomic mass is 28.4. The number of carbonyl (C=O) groups is 2. The van der Waals surface area contributed by atoms with E-state index < -0.39 is 20.5 Å². The van der Waals surface area contributed by atoms with Gasteiger partial charge in [0.2, 0.25) is 0 Å². The Morgan fingerprint density at radius 3 is 2.18 bits per heavy atom. The third-order valence-electron chi connectivity index (χ3n) is 4.94. The lowest BCUT2D eigenvalue weighted by Gasteiger charge is -2.41. The van der Waals surface area contributed by atoms with Crippen LogP contribution in [0.25, 0.3) is 0 Å². The van der Waals surface area contributed by atoms with E-state index in [1.807, 2.05) is 6.92 Å². The quantitative estimate of drug-likeness (QED) is 0.405. The average molecular weight is 415 g/mol. The molecule has 0 aromatic carbocycles. The second-order valence-electron chi connectivity index (χ2n) is 8.36. The Kier molecular flexibility index (Phi) is 11.1. The first-order valence-electron chi connectivity index (χ1n) is 9.53. The zero-order valence-corrected chi connectivity index (χ0v) is 19.5. The molecule has 8 heteroatoms. The number of ether oxygens (including phenoxy) is 2. The molecule has 2 amide bonds. The zero-order chi connectivity index (χ0) is 22.0. The van der Waals surface area contributed by atoms with Gasteiger partial charge in [0.25, 0.3) is 0 Å². The van der Waals surface area contributed by atoms with E-state index in [2.05, 4.69) is 52.3 Å². The lowest BCUT2D eigenvalue weighted by molar-refractivity contribution is 0.0853. The molecule has 0 aliphatic heterocycles. The molecule has 162 valence electrons. The third kappa shape index (κ3) is 9.41. The van der Waals surface area contributed by atoms with Crippen LogP contribution >= 0.6 is 0 Å². The van der Waals surface area contributed by atoms with Gasteiger partial charge in [-0.15, -0.1) is 0 Å². The van der Waals surface area contributed by atoms with Crippen molar-refractivity contribution in [2.24, 2.45) is 5.92 Å². The van der Waals surface area contributed by atoms with Crippen LogP contribution in [-0.2, 0) is 13.9 Å². The second kappa shape index (κ2) is 11.9. The van der Waals surface area contributed by atoms with Crippen molar-refractivity contribution in [3.05, 3.63) is 25.3 Å². The first kappa shape index (κ1) is 26.2. The maximum absolute atomic E-state index is 12.1. The van der Waals surface area contributed by atoms with Crippen molar-refractivity contribution in [3.63, 3.8) is 0 Å². The maximum Gasteiger partial charge on any atom is 0.409 e. The number of alkyl carbamates (subject to hydrolysis) is 1. The highest BCUT2D eigenvalue weighted by molar-refractivity contribution is 6.74. The Morgan fingerprint density at radius 1 is 1.14 bits per heavy atom. The van der Waals surface area contributed by atoms with Crippen molar-refractivity contribution in [2.75, 3.05) is 33.4 Å². The fourth-order valence-electron chi connectivity index (χ4n) is 2.18. The van der Waals surface area contributed by atoms with Gasteiger partial charge in [-0.25, -0.2) is 9.59 Å². The second-order valence-corrected chi connectivity index (χ2v) is 13.1. The lowest BCUT2D eigenvalue weighted by Crippen LogP contribution is -2.49. The summed E-state index contributed by atoms with van der Waals surface area (Å²) in [6.45, 7) is 20.9. The maximum atomic E-state index is 12.1. The predicted octanol–water partition coefficient (Wildman–Crippen LogP) is 4.18. The van der Waals surface area contributed by atoms with Crippen LogP contribution in [0.3, 0.4) is 0 Å². The molecule has 0 saturated heterocycles. The molecule has 0 rings (SSSR count). The molecule has 2 atom stereocenters. The number of carbonyl (C=O) groups excluding carboxylic acids is 2. The molecule has 0 aliphatic rings. The number of hydrogen-bond donors (Lipinski definition) is 1. The van der Waals surface area contributed by atoms with Crippen LogP contribution in [0.2, 0.25) is 18.1 Å². The number of hydrogen-bond acceptors (Lipinski definition) is 5. The molecule has 0 heterocycles. The van der Waals surface area contributed by atoms with E-state index in [0.717, 1.165) is 0 Å². The minimum atomic E-state index is -2.01. The van der Waals surface area contributed by atoms with E-state index in [4.69, 9.17) is 13.9 Å². The summed E-state index contributed by atoms with van der Waals surface area (Å²) in [4.78, 5) is 25.4. The molecule has 0 spiro atoms. The van der Waals surface area contributed by atoms with Crippen molar-refractivity contribution in [1.29, 1.82) is 0 Å². The van der Waals surface area contributed by atoms with Crippen LogP contribution in [-0.4, -0.2) is 64.9 Å². The number of rotatable bonds is 11. The molecule has 0 saturated carbocycles. The minimum absolute atomic E-state index is 0.0525. The fourth-order valence-corrected chi connectivity index (χ4v) is 3.66. The SMILES string of the molecule is C=CCOC(=O)NC[C@@H](CN(C)C(=O)OCC=C)[C@@H](C)O[Si](C)(C)C(C)(C)C. The monoisotopic (exact) mass is 414 g/mol.